The molecule has 1 atom stereocenters. The predicted molar refractivity (Wildman–Crippen MR) is 137 cm³/mol. The van der Waals surface area contributed by atoms with E-state index >= 15 is 0 Å². The van der Waals surface area contributed by atoms with Crippen LogP contribution in [-0.2, 0) is 9.59 Å². The van der Waals surface area contributed by atoms with Crippen LogP contribution in [0, 0.1) is 5.92 Å². The molecule has 4 nitrogen and oxygen atoms in total. The first-order chi connectivity index (χ1) is 15.5. The summed E-state index contributed by atoms with van der Waals surface area (Å²) in [6.07, 6.45) is 28.4. The van der Waals surface area contributed by atoms with Gasteiger partial charge >= 0.3 is 5.97 Å². The molecule has 0 spiro atoms. The molecule has 0 aromatic heterocycles. The molecule has 4 heteroatoms. The average molecular weight is 450 g/mol. The number of carboxylic acid groups (broad SMARTS) is 1. The molecule has 0 aromatic carbocycles. The Kier molecular flexibility index (Phi) is 21.5. The van der Waals surface area contributed by atoms with Gasteiger partial charge in [-0.3, -0.25) is 4.79 Å². The van der Waals surface area contributed by atoms with E-state index in [1.807, 2.05) is 13.8 Å². The normalized spacial score (nSPS) is 12.8. The van der Waals surface area contributed by atoms with Gasteiger partial charge in [0.2, 0.25) is 5.91 Å². The zero-order valence-electron chi connectivity index (χ0n) is 21.2. The van der Waals surface area contributed by atoms with E-state index in [1.54, 1.807) is 0 Å². The average Bonchev–Trinajstić information content (AvgIpc) is 2.74. The van der Waals surface area contributed by atoms with Gasteiger partial charge in [-0.15, -0.1) is 0 Å². The lowest BCUT2D eigenvalue weighted by Gasteiger charge is -2.16. The molecule has 0 bridgehead atoms. The molecule has 0 aromatic rings. The summed E-state index contributed by atoms with van der Waals surface area (Å²) < 4.78 is 0. The molecular weight excluding hydrogens is 398 g/mol. The van der Waals surface area contributed by atoms with Crippen molar-refractivity contribution in [2.75, 3.05) is 0 Å². The number of carboxylic acids is 1. The molecule has 0 aliphatic heterocycles. The maximum Gasteiger partial charge on any atom is 0.326 e. The van der Waals surface area contributed by atoms with Gasteiger partial charge in [-0.05, 0) is 50.9 Å². The Bertz CT molecular complexity index is 511. The first-order valence-corrected chi connectivity index (χ1v) is 13.3. The Morgan fingerprint density at radius 2 is 1.25 bits per heavy atom. The number of hydrogen-bond donors (Lipinski definition) is 2. The van der Waals surface area contributed by atoms with Crippen LogP contribution in [0.1, 0.15) is 130 Å². The van der Waals surface area contributed by atoms with Gasteiger partial charge in [-0.2, -0.15) is 0 Å². The van der Waals surface area contributed by atoms with Gasteiger partial charge in [0.1, 0.15) is 6.04 Å². The van der Waals surface area contributed by atoms with Gasteiger partial charge in [0.05, 0.1) is 0 Å². The molecule has 0 saturated heterocycles. The van der Waals surface area contributed by atoms with Crippen molar-refractivity contribution in [3.05, 3.63) is 24.3 Å². The topological polar surface area (TPSA) is 66.4 Å². The van der Waals surface area contributed by atoms with E-state index in [1.165, 1.54) is 70.6 Å². The second-order valence-electron chi connectivity index (χ2n) is 9.48. The van der Waals surface area contributed by atoms with Gasteiger partial charge in [-0.25, -0.2) is 4.79 Å². The van der Waals surface area contributed by atoms with Gasteiger partial charge in [0.15, 0.2) is 0 Å². The van der Waals surface area contributed by atoms with Crippen molar-refractivity contribution in [1.82, 2.24) is 5.32 Å². The standard InChI is InChI=1S/C28H51NO3/c1-4-5-6-7-8-9-10-11-12-13-14-15-16-17-18-19-20-21-22-23-27(30)29-26(28(31)32)24-25(2)3/h8-9,11-12,25-26H,4-7,10,13-24H2,1-3H3,(H,29,30)(H,31,32)/b9-8-,12-11-/t26-/m0/s1. The third kappa shape index (κ3) is 21.6. The Morgan fingerprint density at radius 3 is 1.75 bits per heavy atom. The summed E-state index contributed by atoms with van der Waals surface area (Å²) in [7, 11) is 0. The molecule has 0 heterocycles. The molecule has 0 aliphatic carbocycles. The lowest BCUT2D eigenvalue weighted by molar-refractivity contribution is -0.142. The van der Waals surface area contributed by atoms with Crippen LogP contribution in [0.5, 0.6) is 0 Å². The minimum absolute atomic E-state index is 0.130. The van der Waals surface area contributed by atoms with Crippen LogP contribution in [-0.4, -0.2) is 23.0 Å². The van der Waals surface area contributed by atoms with E-state index in [0.29, 0.717) is 12.8 Å². The fraction of sp³-hybridized carbons (Fsp3) is 0.786. The van der Waals surface area contributed by atoms with E-state index in [9.17, 15) is 14.7 Å². The van der Waals surface area contributed by atoms with Crippen LogP contribution < -0.4 is 5.32 Å². The minimum atomic E-state index is -0.937. The van der Waals surface area contributed by atoms with E-state index in [2.05, 4.69) is 36.5 Å². The summed E-state index contributed by atoms with van der Waals surface area (Å²) in [6, 6.07) is -0.754. The molecule has 0 fully saturated rings. The van der Waals surface area contributed by atoms with Gasteiger partial charge in [0, 0.05) is 6.42 Å². The first kappa shape index (κ1) is 30.4. The third-order valence-electron chi connectivity index (χ3n) is 5.69. The summed E-state index contributed by atoms with van der Waals surface area (Å²) in [4.78, 5) is 23.1. The molecule has 0 radical (unpaired) electrons. The summed E-state index contributed by atoms with van der Waals surface area (Å²) in [6.45, 7) is 6.18. The summed E-state index contributed by atoms with van der Waals surface area (Å²) in [5, 5.41) is 11.8. The molecule has 2 N–H and O–H groups in total. The number of allylic oxidation sites excluding steroid dienone is 4. The molecule has 32 heavy (non-hydrogen) atoms. The van der Waals surface area contributed by atoms with Crippen LogP contribution in [0.15, 0.2) is 24.3 Å². The van der Waals surface area contributed by atoms with Crippen LogP contribution in [0.25, 0.3) is 0 Å². The highest BCUT2D eigenvalue weighted by molar-refractivity contribution is 5.83. The monoisotopic (exact) mass is 449 g/mol. The van der Waals surface area contributed by atoms with E-state index < -0.39 is 12.0 Å². The fourth-order valence-electron chi connectivity index (χ4n) is 3.76. The van der Waals surface area contributed by atoms with Crippen molar-refractivity contribution >= 4 is 11.9 Å². The molecule has 0 saturated carbocycles. The van der Waals surface area contributed by atoms with Crippen molar-refractivity contribution in [2.45, 2.75) is 136 Å². The van der Waals surface area contributed by atoms with Crippen molar-refractivity contribution in [1.29, 1.82) is 0 Å². The second kappa shape index (κ2) is 22.6. The van der Waals surface area contributed by atoms with E-state index in [4.69, 9.17) is 0 Å². The zero-order valence-corrected chi connectivity index (χ0v) is 21.2. The summed E-state index contributed by atoms with van der Waals surface area (Å²) in [5.74, 6) is -0.816. The minimum Gasteiger partial charge on any atom is -0.480 e. The number of rotatable bonds is 22. The molecular formula is C28H51NO3. The van der Waals surface area contributed by atoms with Gasteiger partial charge in [0.25, 0.3) is 0 Å². The Labute approximate surface area is 198 Å². The quantitative estimate of drug-likeness (QED) is 0.130. The summed E-state index contributed by atoms with van der Waals surface area (Å²) >= 11 is 0. The van der Waals surface area contributed by atoms with Crippen molar-refractivity contribution < 1.29 is 14.7 Å². The maximum atomic E-state index is 11.9. The predicted octanol–water partition coefficient (Wildman–Crippen LogP) is 7.98. The van der Waals surface area contributed by atoms with Gasteiger partial charge < -0.3 is 10.4 Å². The lowest BCUT2D eigenvalue weighted by atomic mass is 10.0. The maximum absolute atomic E-state index is 11.9. The first-order valence-electron chi connectivity index (χ1n) is 13.3. The van der Waals surface area contributed by atoms with E-state index in [-0.39, 0.29) is 11.8 Å². The number of carbonyl (C=O) groups is 2. The van der Waals surface area contributed by atoms with Crippen LogP contribution in [0.2, 0.25) is 0 Å². The molecule has 0 aliphatic rings. The number of unbranched alkanes of at least 4 members (excludes halogenated alkanes) is 12. The van der Waals surface area contributed by atoms with Crippen LogP contribution in [0.4, 0.5) is 0 Å². The van der Waals surface area contributed by atoms with Crippen LogP contribution >= 0.6 is 0 Å². The smallest absolute Gasteiger partial charge is 0.326 e. The molecule has 0 unspecified atom stereocenters. The van der Waals surface area contributed by atoms with Gasteiger partial charge in [-0.1, -0.05) is 103 Å². The Hall–Kier alpha value is -1.58. The Balaban J connectivity index is 3.44. The second-order valence-corrected chi connectivity index (χ2v) is 9.48. The summed E-state index contributed by atoms with van der Waals surface area (Å²) in [5.41, 5.74) is 0. The molecule has 1 amide bonds. The molecule has 186 valence electrons. The fourth-order valence-corrected chi connectivity index (χ4v) is 3.76. The van der Waals surface area contributed by atoms with Crippen LogP contribution in [0.3, 0.4) is 0 Å². The van der Waals surface area contributed by atoms with Crippen molar-refractivity contribution in [3.8, 4) is 0 Å². The van der Waals surface area contributed by atoms with Crippen molar-refractivity contribution in [2.24, 2.45) is 5.92 Å². The number of hydrogen-bond acceptors (Lipinski definition) is 2. The molecule has 0 rings (SSSR count). The highest BCUT2D eigenvalue weighted by Gasteiger charge is 2.20. The lowest BCUT2D eigenvalue weighted by Crippen LogP contribution is -2.41. The van der Waals surface area contributed by atoms with Crippen molar-refractivity contribution in [3.63, 3.8) is 0 Å². The Morgan fingerprint density at radius 1 is 0.750 bits per heavy atom. The zero-order chi connectivity index (χ0) is 23.9. The largest absolute Gasteiger partial charge is 0.480 e. The van der Waals surface area contributed by atoms with E-state index in [0.717, 1.165) is 25.7 Å². The third-order valence-corrected chi connectivity index (χ3v) is 5.69. The highest BCUT2D eigenvalue weighted by atomic mass is 16.4. The number of carbonyl (C=O) groups excluding carboxylic acids is 1. The highest BCUT2D eigenvalue weighted by Crippen LogP contribution is 2.12. The number of amides is 1. The number of aliphatic carboxylic acids is 1. The number of nitrogens with one attached hydrogen (secondary N) is 1. The SMILES string of the molecule is CCCCC/C=C\C/C=C\CCCCCCCCCCCC(=O)N[C@@H](CC(C)C)C(=O)O.